The number of fused-ring (bicyclic) bond motifs is 1. The van der Waals surface area contributed by atoms with Gasteiger partial charge in [-0.3, -0.25) is 0 Å². The Morgan fingerprint density at radius 1 is 1.25 bits per heavy atom. The predicted molar refractivity (Wildman–Crippen MR) is 80.3 cm³/mol. The normalized spacial score (nSPS) is 14.2. The van der Waals surface area contributed by atoms with E-state index >= 15 is 0 Å². The maximum Gasteiger partial charge on any atom is 0.342 e. The van der Waals surface area contributed by atoms with Crippen LogP contribution in [0.15, 0.2) is 0 Å². The number of esters is 1. The van der Waals surface area contributed by atoms with Gasteiger partial charge in [-0.2, -0.15) is 0 Å². The lowest BCUT2D eigenvalue weighted by Gasteiger charge is -2.19. The van der Waals surface area contributed by atoms with E-state index in [1.807, 2.05) is 0 Å². The summed E-state index contributed by atoms with van der Waals surface area (Å²) in [4.78, 5) is 11.9. The highest BCUT2D eigenvalue weighted by atomic mass is 28.3. The van der Waals surface area contributed by atoms with E-state index in [1.54, 1.807) is 13.8 Å². The minimum atomic E-state index is -1.20. The molecular formula is C15H22O4Si. The zero-order valence-corrected chi connectivity index (χ0v) is 13.8. The number of ether oxygens (including phenoxy) is 2. The number of aromatic hydroxyl groups is 1. The lowest BCUT2D eigenvalue weighted by atomic mass is 9.98. The highest BCUT2D eigenvalue weighted by molar-refractivity contribution is 6.76. The third-order valence-corrected chi connectivity index (χ3v) is 5.39. The summed E-state index contributed by atoms with van der Waals surface area (Å²) in [5, 5.41) is 10.2. The summed E-state index contributed by atoms with van der Waals surface area (Å²) in [6.07, 6.45) is 0. The third-order valence-electron chi connectivity index (χ3n) is 3.68. The summed E-state index contributed by atoms with van der Waals surface area (Å²) >= 11 is 0. The Hall–Kier alpha value is -1.49. The van der Waals surface area contributed by atoms with Gasteiger partial charge in [-0.25, -0.2) is 4.79 Å². The van der Waals surface area contributed by atoms with Crippen molar-refractivity contribution in [3.05, 3.63) is 22.3 Å². The highest BCUT2D eigenvalue weighted by Gasteiger charge is 2.31. The molecule has 0 aromatic heterocycles. The topological polar surface area (TPSA) is 55.8 Å². The van der Waals surface area contributed by atoms with Crippen LogP contribution in [0.2, 0.25) is 25.7 Å². The van der Waals surface area contributed by atoms with Gasteiger partial charge in [-0.05, 0) is 25.5 Å². The van der Waals surface area contributed by atoms with Gasteiger partial charge >= 0.3 is 5.97 Å². The summed E-state index contributed by atoms with van der Waals surface area (Å²) in [5.74, 6) is 0.336. The Kier molecular flexibility index (Phi) is 3.82. The van der Waals surface area contributed by atoms with Gasteiger partial charge in [0.15, 0.2) is 0 Å². The average Bonchev–Trinajstić information content (AvgIpc) is 2.72. The second-order valence-corrected chi connectivity index (χ2v) is 12.1. The van der Waals surface area contributed by atoms with E-state index in [2.05, 4.69) is 19.6 Å². The van der Waals surface area contributed by atoms with Crippen LogP contribution in [0.25, 0.3) is 0 Å². The minimum Gasteiger partial charge on any atom is -0.507 e. The Bertz CT molecular complexity index is 558. The fourth-order valence-corrected chi connectivity index (χ4v) is 3.00. The largest absolute Gasteiger partial charge is 0.507 e. The van der Waals surface area contributed by atoms with Crippen LogP contribution in [-0.2, 0) is 11.3 Å². The van der Waals surface area contributed by atoms with Crippen molar-refractivity contribution in [2.45, 2.75) is 46.1 Å². The lowest BCUT2D eigenvalue weighted by Crippen LogP contribution is -2.23. The van der Waals surface area contributed by atoms with Crippen molar-refractivity contribution in [3.8, 4) is 11.5 Å². The molecule has 4 nitrogen and oxygen atoms in total. The maximum atomic E-state index is 11.9. The third kappa shape index (κ3) is 2.68. The minimum absolute atomic E-state index is 0.199. The molecule has 1 heterocycles. The molecule has 1 aliphatic heterocycles. The molecule has 20 heavy (non-hydrogen) atoms. The van der Waals surface area contributed by atoms with Crippen LogP contribution in [-0.4, -0.2) is 25.8 Å². The molecule has 0 aliphatic carbocycles. The van der Waals surface area contributed by atoms with Crippen molar-refractivity contribution in [2.75, 3.05) is 6.61 Å². The number of benzene rings is 1. The summed E-state index contributed by atoms with van der Waals surface area (Å²) < 4.78 is 10.9. The summed E-state index contributed by atoms with van der Waals surface area (Å²) in [6.45, 7) is 11.2. The summed E-state index contributed by atoms with van der Waals surface area (Å²) in [6, 6.07) is 1.00. The molecule has 2 rings (SSSR count). The molecule has 0 unspecified atom stereocenters. The fourth-order valence-electron chi connectivity index (χ4n) is 2.29. The molecule has 5 heteroatoms. The predicted octanol–water partition coefficient (Wildman–Crippen LogP) is 3.40. The van der Waals surface area contributed by atoms with Gasteiger partial charge in [0.05, 0.1) is 6.61 Å². The van der Waals surface area contributed by atoms with E-state index in [-0.39, 0.29) is 18.3 Å². The molecule has 0 saturated heterocycles. The first kappa shape index (κ1) is 14.9. The molecule has 1 aromatic carbocycles. The number of rotatable bonds is 4. The molecule has 0 amide bonds. The van der Waals surface area contributed by atoms with Crippen molar-refractivity contribution in [1.29, 1.82) is 0 Å². The van der Waals surface area contributed by atoms with Gasteiger partial charge in [0.2, 0.25) is 0 Å². The van der Waals surface area contributed by atoms with Crippen LogP contribution >= 0.6 is 0 Å². The zero-order valence-electron chi connectivity index (χ0n) is 12.8. The second-order valence-electron chi connectivity index (χ2n) is 6.52. The van der Waals surface area contributed by atoms with Gasteiger partial charge in [-0.1, -0.05) is 19.6 Å². The van der Waals surface area contributed by atoms with Gasteiger partial charge < -0.3 is 14.6 Å². The molecule has 0 fully saturated rings. The van der Waals surface area contributed by atoms with Gasteiger partial charge in [-0.15, -0.1) is 0 Å². The molecular weight excluding hydrogens is 272 g/mol. The van der Waals surface area contributed by atoms with Crippen LogP contribution in [0.1, 0.15) is 27.0 Å². The maximum absolute atomic E-state index is 11.9. The van der Waals surface area contributed by atoms with E-state index < -0.39 is 8.07 Å². The van der Waals surface area contributed by atoms with Crippen molar-refractivity contribution >= 4 is 14.0 Å². The number of phenols is 1. The van der Waals surface area contributed by atoms with Crippen molar-refractivity contribution in [2.24, 2.45) is 0 Å². The van der Waals surface area contributed by atoms with Crippen molar-refractivity contribution in [3.63, 3.8) is 0 Å². The van der Waals surface area contributed by atoms with Crippen LogP contribution < -0.4 is 4.74 Å². The van der Waals surface area contributed by atoms with Gasteiger partial charge in [0.1, 0.15) is 23.7 Å². The highest BCUT2D eigenvalue weighted by Crippen LogP contribution is 2.41. The first-order valence-electron chi connectivity index (χ1n) is 6.87. The first-order chi connectivity index (χ1) is 9.22. The average molecular weight is 294 g/mol. The SMILES string of the molecule is Cc1c(O)c(C)c(OCC[Si](C)(C)C)c2c1COC2=O. The fraction of sp³-hybridized carbons (Fsp3) is 0.533. The smallest absolute Gasteiger partial charge is 0.342 e. The van der Waals surface area contributed by atoms with E-state index in [1.165, 1.54) is 0 Å². The Balaban J connectivity index is 2.36. The zero-order chi connectivity index (χ0) is 15.1. The van der Waals surface area contributed by atoms with Crippen LogP contribution in [0.5, 0.6) is 11.5 Å². The molecule has 0 radical (unpaired) electrons. The Labute approximate surface area is 120 Å². The Morgan fingerprint density at radius 2 is 1.90 bits per heavy atom. The number of hydrogen-bond acceptors (Lipinski definition) is 4. The van der Waals surface area contributed by atoms with E-state index in [0.717, 1.165) is 11.6 Å². The molecule has 1 N–H and O–H groups in total. The van der Waals surface area contributed by atoms with Crippen molar-refractivity contribution in [1.82, 2.24) is 0 Å². The van der Waals surface area contributed by atoms with Crippen LogP contribution in [0, 0.1) is 13.8 Å². The number of cyclic esters (lactones) is 1. The molecule has 1 aliphatic rings. The number of carbonyl (C=O) groups excluding carboxylic acids is 1. The van der Waals surface area contributed by atoms with Crippen molar-refractivity contribution < 1.29 is 19.4 Å². The quantitative estimate of drug-likeness (QED) is 0.683. The standard InChI is InChI=1S/C15H22O4Si/c1-9-11-8-19-15(17)12(11)14(10(2)13(9)16)18-6-7-20(3,4)5/h16H,6-8H2,1-5H3. The molecule has 1 aromatic rings. The number of carbonyl (C=O) groups is 1. The van der Waals surface area contributed by atoms with Gasteiger partial charge in [0.25, 0.3) is 0 Å². The Morgan fingerprint density at radius 3 is 2.50 bits per heavy atom. The summed E-state index contributed by atoms with van der Waals surface area (Å²) in [7, 11) is -1.20. The van der Waals surface area contributed by atoms with Crippen LogP contribution in [0.4, 0.5) is 0 Å². The molecule has 0 spiro atoms. The number of hydrogen-bond donors (Lipinski definition) is 1. The number of phenolic OH excluding ortho intramolecular Hbond substituents is 1. The first-order valence-corrected chi connectivity index (χ1v) is 10.6. The monoisotopic (exact) mass is 294 g/mol. The van der Waals surface area contributed by atoms with Gasteiger partial charge in [0, 0.05) is 19.2 Å². The second kappa shape index (κ2) is 5.13. The molecule has 0 saturated carbocycles. The molecule has 0 bridgehead atoms. The van der Waals surface area contributed by atoms with E-state index in [0.29, 0.717) is 29.0 Å². The molecule has 0 atom stereocenters. The van der Waals surface area contributed by atoms with E-state index in [9.17, 15) is 9.90 Å². The summed E-state index contributed by atoms with van der Waals surface area (Å²) in [5.41, 5.74) is 2.58. The van der Waals surface area contributed by atoms with E-state index in [4.69, 9.17) is 9.47 Å². The lowest BCUT2D eigenvalue weighted by molar-refractivity contribution is 0.0532. The van der Waals surface area contributed by atoms with Crippen LogP contribution in [0.3, 0.4) is 0 Å². The molecule has 110 valence electrons.